The van der Waals surface area contributed by atoms with Crippen LogP contribution in [0.15, 0.2) is 12.2 Å². The molecule has 0 bridgehead atoms. The van der Waals surface area contributed by atoms with Crippen LogP contribution < -0.4 is 5.32 Å². The Hall–Kier alpha value is -0.390. The Balaban J connectivity index is 1.97. The van der Waals surface area contributed by atoms with E-state index in [1.165, 1.54) is 6.26 Å². The fraction of sp³-hybridized carbons (Fsp3) is 0.846. The second-order valence-corrected chi connectivity index (χ2v) is 7.39. The lowest BCUT2D eigenvalue weighted by Crippen LogP contribution is -2.27. The van der Waals surface area contributed by atoms with Crippen LogP contribution >= 0.6 is 0 Å². The lowest BCUT2D eigenvalue weighted by molar-refractivity contribution is 0.0811. The normalized spacial score (nSPS) is 24.3. The maximum Gasteiger partial charge on any atom is 0.148 e. The summed E-state index contributed by atoms with van der Waals surface area (Å²) < 4.78 is 27.4. The summed E-state index contributed by atoms with van der Waals surface area (Å²) in [6, 6.07) is 0. The highest BCUT2D eigenvalue weighted by Crippen LogP contribution is 2.24. The molecule has 0 aromatic heterocycles. The Morgan fingerprint density at radius 1 is 1.28 bits per heavy atom. The van der Waals surface area contributed by atoms with Crippen molar-refractivity contribution in [2.75, 3.05) is 38.3 Å². The lowest BCUT2D eigenvalue weighted by Gasteiger charge is -2.24. The predicted molar refractivity (Wildman–Crippen MR) is 74.4 cm³/mol. The molecule has 2 atom stereocenters. The molecule has 0 amide bonds. The van der Waals surface area contributed by atoms with Crippen molar-refractivity contribution in [1.82, 2.24) is 5.32 Å². The number of hydrogen-bond donors (Lipinski definition) is 1. The first-order chi connectivity index (χ1) is 8.49. The number of nitrogens with one attached hydrogen (secondary N) is 1. The van der Waals surface area contributed by atoms with Crippen LogP contribution in [0.25, 0.3) is 0 Å². The van der Waals surface area contributed by atoms with E-state index in [9.17, 15) is 8.42 Å². The third-order valence-corrected chi connectivity index (χ3v) is 4.27. The van der Waals surface area contributed by atoms with Crippen molar-refractivity contribution >= 4 is 9.84 Å². The van der Waals surface area contributed by atoms with E-state index >= 15 is 0 Å². The van der Waals surface area contributed by atoms with Crippen molar-refractivity contribution in [2.24, 2.45) is 11.8 Å². The average molecular weight is 275 g/mol. The fourth-order valence-corrected chi connectivity index (χ4v) is 2.52. The molecule has 2 unspecified atom stereocenters. The van der Waals surface area contributed by atoms with Crippen molar-refractivity contribution < 1.29 is 13.2 Å². The lowest BCUT2D eigenvalue weighted by atomic mass is 9.85. The molecule has 0 aliphatic heterocycles. The number of rotatable bonds is 8. The summed E-state index contributed by atoms with van der Waals surface area (Å²) >= 11 is 0. The van der Waals surface area contributed by atoms with Gasteiger partial charge >= 0.3 is 0 Å². The number of ether oxygens (including phenoxy) is 1. The molecular weight excluding hydrogens is 250 g/mol. The second kappa shape index (κ2) is 7.92. The van der Waals surface area contributed by atoms with Crippen LogP contribution in [-0.4, -0.2) is 46.7 Å². The van der Waals surface area contributed by atoms with Gasteiger partial charge in [0.1, 0.15) is 9.84 Å². The molecule has 1 rings (SSSR count). The van der Waals surface area contributed by atoms with E-state index in [1.807, 2.05) is 0 Å². The van der Waals surface area contributed by atoms with Crippen LogP contribution in [0.3, 0.4) is 0 Å². The minimum Gasteiger partial charge on any atom is -0.380 e. The third-order valence-electron chi connectivity index (χ3n) is 3.32. The van der Waals surface area contributed by atoms with Crippen LogP contribution in [0.2, 0.25) is 0 Å². The fourth-order valence-electron chi connectivity index (χ4n) is 2.00. The first-order valence-electron chi connectivity index (χ1n) is 6.60. The summed E-state index contributed by atoms with van der Waals surface area (Å²) in [5.41, 5.74) is 0. The molecule has 18 heavy (non-hydrogen) atoms. The predicted octanol–water partition coefficient (Wildman–Crippen LogP) is 1.24. The first kappa shape index (κ1) is 15.7. The third kappa shape index (κ3) is 7.13. The van der Waals surface area contributed by atoms with Crippen molar-refractivity contribution in [3.8, 4) is 0 Å². The van der Waals surface area contributed by atoms with Crippen LogP contribution in [0.4, 0.5) is 0 Å². The molecule has 0 fully saturated rings. The van der Waals surface area contributed by atoms with Gasteiger partial charge in [0, 0.05) is 19.3 Å². The quantitative estimate of drug-likeness (QED) is 0.535. The highest BCUT2D eigenvalue weighted by atomic mass is 32.2. The minimum atomic E-state index is -2.85. The molecule has 0 aromatic rings. The van der Waals surface area contributed by atoms with Crippen LogP contribution in [-0.2, 0) is 14.6 Å². The maximum atomic E-state index is 10.9. The molecule has 0 radical (unpaired) electrons. The van der Waals surface area contributed by atoms with Crippen molar-refractivity contribution in [1.29, 1.82) is 0 Å². The van der Waals surface area contributed by atoms with Gasteiger partial charge in [-0.3, -0.25) is 0 Å². The Morgan fingerprint density at radius 3 is 2.67 bits per heavy atom. The van der Waals surface area contributed by atoms with Gasteiger partial charge in [-0.05, 0) is 24.7 Å². The SMILES string of the molecule is CC1CC=CCC1COCCNCCS(C)(=O)=O. The van der Waals surface area contributed by atoms with Crippen LogP contribution in [0, 0.1) is 11.8 Å². The molecular formula is C13H25NO3S. The van der Waals surface area contributed by atoms with E-state index in [4.69, 9.17) is 4.74 Å². The monoisotopic (exact) mass is 275 g/mol. The largest absolute Gasteiger partial charge is 0.380 e. The van der Waals surface area contributed by atoms with Gasteiger partial charge in [0.05, 0.1) is 19.0 Å². The van der Waals surface area contributed by atoms with E-state index in [1.54, 1.807) is 0 Å². The number of allylic oxidation sites excluding steroid dienone is 2. The average Bonchev–Trinajstić information content (AvgIpc) is 2.28. The van der Waals surface area contributed by atoms with Gasteiger partial charge in [0.25, 0.3) is 0 Å². The molecule has 0 aromatic carbocycles. The highest BCUT2D eigenvalue weighted by Gasteiger charge is 2.17. The maximum absolute atomic E-state index is 10.9. The van der Waals surface area contributed by atoms with Gasteiger partial charge in [-0.1, -0.05) is 19.1 Å². The molecule has 1 aliphatic carbocycles. The Bertz CT molecular complexity index is 351. The zero-order chi connectivity index (χ0) is 13.4. The van der Waals surface area contributed by atoms with Crippen LogP contribution in [0.1, 0.15) is 19.8 Å². The molecule has 0 heterocycles. The smallest absolute Gasteiger partial charge is 0.148 e. The van der Waals surface area contributed by atoms with E-state index in [-0.39, 0.29) is 5.75 Å². The van der Waals surface area contributed by atoms with Crippen molar-refractivity contribution in [2.45, 2.75) is 19.8 Å². The Labute approximate surface area is 111 Å². The molecule has 4 nitrogen and oxygen atoms in total. The molecule has 1 aliphatic rings. The Kier molecular flexibility index (Phi) is 6.89. The van der Waals surface area contributed by atoms with Crippen molar-refractivity contribution in [3.05, 3.63) is 12.2 Å². The van der Waals surface area contributed by atoms with Crippen molar-refractivity contribution in [3.63, 3.8) is 0 Å². The zero-order valence-corrected chi connectivity index (χ0v) is 12.2. The second-order valence-electron chi connectivity index (χ2n) is 5.13. The van der Waals surface area contributed by atoms with Gasteiger partial charge in [-0.2, -0.15) is 0 Å². The molecule has 0 spiro atoms. The molecule has 1 N–H and O–H groups in total. The van der Waals surface area contributed by atoms with Gasteiger partial charge in [0.2, 0.25) is 0 Å². The first-order valence-corrected chi connectivity index (χ1v) is 8.66. The molecule has 0 saturated carbocycles. The van der Waals surface area contributed by atoms with Crippen LogP contribution in [0.5, 0.6) is 0 Å². The van der Waals surface area contributed by atoms with Gasteiger partial charge in [0.15, 0.2) is 0 Å². The topological polar surface area (TPSA) is 55.4 Å². The van der Waals surface area contributed by atoms with E-state index in [2.05, 4.69) is 24.4 Å². The summed E-state index contributed by atoms with van der Waals surface area (Å²) in [6.07, 6.45) is 8.00. The van der Waals surface area contributed by atoms with Gasteiger partial charge in [-0.25, -0.2) is 8.42 Å². The number of hydrogen-bond acceptors (Lipinski definition) is 4. The summed E-state index contributed by atoms with van der Waals surface area (Å²) in [7, 11) is -2.85. The minimum absolute atomic E-state index is 0.192. The summed E-state index contributed by atoms with van der Waals surface area (Å²) in [5, 5.41) is 3.07. The Morgan fingerprint density at radius 2 is 2.00 bits per heavy atom. The summed E-state index contributed by atoms with van der Waals surface area (Å²) in [4.78, 5) is 0. The molecule has 106 valence electrons. The van der Waals surface area contributed by atoms with E-state index < -0.39 is 9.84 Å². The van der Waals surface area contributed by atoms with Gasteiger partial charge < -0.3 is 10.1 Å². The highest BCUT2D eigenvalue weighted by molar-refractivity contribution is 7.90. The zero-order valence-electron chi connectivity index (χ0n) is 11.4. The standard InChI is InChI=1S/C13H25NO3S/c1-12-5-3-4-6-13(12)11-17-9-7-14-8-10-18(2,15)16/h3-4,12-14H,5-11H2,1-2H3. The molecule has 5 heteroatoms. The summed E-state index contributed by atoms with van der Waals surface area (Å²) in [6.45, 7) is 4.94. The van der Waals surface area contributed by atoms with E-state index in [0.717, 1.165) is 19.4 Å². The summed E-state index contributed by atoms with van der Waals surface area (Å²) in [5.74, 6) is 1.52. The van der Waals surface area contributed by atoms with E-state index in [0.29, 0.717) is 31.5 Å². The molecule has 0 saturated heterocycles. The van der Waals surface area contributed by atoms with Gasteiger partial charge in [-0.15, -0.1) is 0 Å². The number of sulfone groups is 1.